The lowest BCUT2D eigenvalue weighted by Crippen LogP contribution is -2.52. The van der Waals surface area contributed by atoms with E-state index in [0.29, 0.717) is 12.6 Å². The molecule has 1 aromatic heterocycles. The molecular weight excluding hydrogens is 481 g/mol. The van der Waals surface area contributed by atoms with Crippen LogP contribution in [0.5, 0.6) is 0 Å². The standard InChI is InChI=1S/C24H27N3O3S.2ClH/c28-24(23-12-7-15-27(23)31(29,30)22-10-5-2-6-11-22)13-16-26-17-14-25-19-21(26)18-20-8-3-1-4-9-20;;/h1-12,15,21,25H,13-14,16-19H2;2*1H. The lowest BCUT2D eigenvalue weighted by atomic mass is 10.0. The van der Waals surface area contributed by atoms with E-state index in [0.717, 1.165) is 30.0 Å². The van der Waals surface area contributed by atoms with Gasteiger partial charge in [-0.05, 0) is 36.2 Å². The molecule has 0 spiro atoms. The molecule has 178 valence electrons. The van der Waals surface area contributed by atoms with Crippen LogP contribution >= 0.6 is 24.8 Å². The fraction of sp³-hybridized carbons (Fsp3) is 0.292. The Hall–Kier alpha value is -2.16. The van der Waals surface area contributed by atoms with E-state index in [9.17, 15) is 13.2 Å². The van der Waals surface area contributed by atoms with Crippen LogP contribution in [0.4, 0.5) is 0 Å². The third-order valence-corrected chi connectivity index (χ3v) is 7.42. The second-order valence-corrected chi connectivity index (χ2v) is 9.58. The molecular formula is C24H29Cl2N3O3S. The van der Waals surface area contributed by atoms with E-state index in [2.05, 4.69) is 22.3 Å². The van der Waals surface area contributed by atoms with Crippen LogP contribution < -0.4 is 5.32 Å². The van der Waals surface area contributed by atoms with E-state index in [-0.39, 0.29) is 47.6 Å². The highest BCUT2D eigenvalue weighted by atomic mass is 35.5. The number of nitrogens with zero attached hydrogens (tertiary/aromatic N) is 2. The number of nitrogens with one attached hydrogen (secondary N) is 1. The zero-order chi connectivity index (χ0) is 21.7. The summed E-state index contributed by atoms with van der Waals surface area (Å²) in [6.45, 7) is 3.24. The molecule has 1 N–H and O–H groups in total. The van der Waals surface area contributed by atoms with Gasteiger partial charge in [0.25, 0.3) is 10.0 Å². The number of carbonyl (C=O) groups excluding carboxylic acids is 1. The highest BCUT2D eigenvalue weighted by Gasteiger charge is 2.25. The van der Waals surface area contributed by atoms with Gasteiger partial charge in [-0.15, -0.1) is 24.8 Å². The van der Waals surface area contributed by atoms with Crippen molar-refractivity contribution in [3.05, 3.63) is 90.3 Å². The largest absolute Gasteiger partial charge is 0.314 e. The molecule has 0 saturated carbocycles. The quantitative estimate of drug-likeness (QED) is 0.469. The third-order valence-electron chi connectivity index (χ3n) is 5.71. The van der Waals surface area contributed by atoms with Crippen molar-refractivity contribution in [3.8, 4) is 0 Å². The van der Waals surface area contributed by atoms with Crippen molar-refractivity contribution in [1.82, 2.24) is 14.2 Å². The SMILES string of the molecule is Cl.Cl.O=C(CCN1CCNCC1Cc1ccccc1)c1cccn1S(=O)(=O)c1ccccc1. The number of aromatic nitrogens is 1. The number of hydrogen-bond acceptors (Lipinski definition) is 5. The Balaban J connectivity index is 0.00000193. The molecule has 0 aliphatic carbocycles. The van der Waals surface area contributed by atoms with Crippen LogP contribution in [-0.2, 0) is 16.4 Å². The van der Waals surface area contributed by atoms with E-state index < -0.39 is 10.0 Å². The molecule has 1 saturated heterocycles. The molecule has 6 nitrogen and oxygen atoms in total. The molecule has 9 heteroatoms. The van der Waals surface area contributed by atoms with Gasteiger partial charge >= 0.3 is 0 Å². The minimum atomic E-state index is -3.79. The summed E-state index contributed by atoms with van der Waals surface area (Å²) in [4.78, 5) is 15.5. The summed E-state index contributed by atoms with van der Waals surface area (Å²) in [7, 11) is -3.79. The van der Waals surface area contributed by atoms with E-state index in [1.807, 2.05) is 18.2 Å². The van der Waals surface area contributed by atoms with Gasteiger partial charge in [0, 0.05) is 44.8 Å². The van der Waals surface area contributed by atoms with Gasteiger partial charge in [0.1, 0.15) is 0 Å². The van der Waals surface area contributed by atoms with Crippen molar-refractivity contribution in [2.75, 3.05) is 26.2 Å². The molecule has 0 bridgehead atoms. The summed E-state index contributed by atoms with van der Waals surface area (Å²) in [6.07, 6.45) is 2.64. The normalized spacial score (nSPS) is 16.4. The number of rotatable bonds is 8. The highest BCUT2D eigenvalue weighted by molar-refractivity contribution is 7.90. The van der Waals surface area contributed by atoms with E-state index >= 15 is 0 Å². The fourth-order valence-electron chi connectivity index (χ4n) is 4.06. The Morgan fingerprint density at radius 3 is 2.30 bits per heavy atom. The van der Waals surface area contributed by atoms with E-state index in [4.69, 9.17) is 0 Å². The maximum absolute atomic E-state index is 13.0. The number of piperazine rings is 1. The summed E-state index contributed by atoms with van der Waals surface area (Å²) in [6, 6.07) is 22.0. The van der Waals surface area contributed by atoms with Gasteiger partial charge in [-0.3, -0.25) is 9.69 Å². The molecule has 1 aliphatic heterocycles. The molecule has 3 aromatic rings. The average Bonchev–Trinajstić information content (AvgIpc) is 3.31. The monoisotopic (exact) mass is 509 g/mol. The number of carbonyl (C=O) groups is 1. The molecule has 2 aromatic carbocycles. The van der Waals surface area contributed by atoms with Gasteiger partial charge < -0.3 is 5.32 Å². The van der Waals surface area contributed by atoms with Crippen molar-refractivity contribution < 1.29 is 13.2 Å². The van der Waals surface area contributed by atoms with Crippen molar-refractivity contribution in [3.63, 3.8) is 0 Å². The molecule has 1 atom stereocenters. The molecule has 1 unspecified atom stereocenters. The summed E-state index contributed by atoms with van der Waals surface area (Å²) >= 11 is 0. The maximum Gasteiger partial charge on any atom is 0.268 e. The predicted molar refractivity (Wildman–Crippen MR) is 135 cm³/mol. The Bertz CT molecular complexity index is 1120. The van der Waals surface area contributed by atoms with Crippen LogP contribution in [0.25, 0.3) is 0 Å². The lowest BCUT2D eigenvalue weighted by Gasteiger charge is -2.36. The summed E-state index contributed by atoms with van der Waals surface area (Å²) in [5.74, 6) is -0.165. The van der Waals surface area contributed by atoms with Crippen molar-refractivity contribution in [2.45, 2.75) is 23.8 Å². The summed E-state index contributed by atoms with van der Waals surface area (Å²) in [5.41, 5.74) is 1.48. The number of benzene rings is 2. The Labute approximate surface area is 207 Å². The van der Waals surface area contributed by atoms with Gasteiger partial charge in [0.15, 0.2) is 5.78 Å². The first-order valence-electron chi connectivity index (χ1n) is 10.6. The molecule has 0 radical (unpaired) electrons. The van der Waals surface area contributed by atoms with Crippen LogP contribution in [0, 0.1) is 0 Å². The lowest BCUT2D eigenvalue weighted by molar-refractivity contribution is 0.0930. The number of hydrogen-bond donors (Lipinski definition) is 1. The van der Waals surface area contributed by atoms with Crippen LogP contribution in [-0.4, -0.2) is 55.3 Å². The van der Waals surface area contributed by atoms with Gasteiger partial charge in [-0.2, -0.15) is 0 Å². The summed E-state index contributed by atoms with van der Waals surface area (Å²) < 4.78 is 27.0. The molecule has 1 fully saturated rings. The molecule has 2 heterocycles. The van der Waals surface area contributed by atoms with Crippen LogP contribution in [0.2, 0.25) is 0 Å². The molecule has 1 aliphatic rings. The van der Waals surface area contributed by atoms with Gasteiger partial charge in [-0.25, -0.2) is 12.4 Å². The first kappa shape index (κ1) is 27.1. The van der Waals surface area contributed by atoms with Gasteiger partial charge in [0.05, 0.1) is 10.6 Å². The number of halogens is 2. The van der Waals surface area contributed by atoms with Crippen molar-refractivity contribution in [2.24, 2.45) is 0 Å². The van der Waals surface area contributed by atoms with E-state index in [1.54, 1.807) is 42.5 Å². The maximum atomic E-state index is 13.0. The zero-order valence-electron chi connectivity index (χ0n) is 18.2. The smallest absolute Gasteiger partial charge is 0.268 e. The fourth-order valence-corrected chi connectivity index (χ4v) is 5.44. The van der Waals surface area contributed by atoms with Gasteiger partial charge in [0.2, 0.25) is 0 Å². The minimum Gasteiger partial charge on any atom is -0.314 e. The highest BCUT2D eigenvalue weighted by Crippen LogP contribution is 2.18. The Kier molecular flexibility index (Phi) is 10.1. The molecule has 4 rings (SSSR count). The number of ketones is 1. The Morgan fingerprint density at radius 2 is 1.61 bits per heavy atom. The second kappa shape index (κ2) is 12.3. The van der Waals surface area contributed by atoms with Crippen LogP contribution in [0.15, 0.2) is 83.9 Å². The third kappa shape index (κ3) is 6.46. The van der Waals surface area contributed by atoms with E-state index in [1.165, 1.54) is 11.8 Å². The Morgan fingerprint density at radius 1 is 0.939 bits per heavy atom. The van der Waals surface area contributed by atoms with Crippen LogP contribution in [0.1, 0.15) is 22.5 Å². The average molecular weight is 510 g/mol. The summed E-state index contributed by atoms with van der Waals surface area (Å²) in [5, 5.41) is 3.44. The zero-order valence-corrected chi connectivity index (χ0v) is 20.6. The number of Topliss-reactive ketones (excluding diaryl/α,β-unsaturated/α-hetero) is 1. The predicted octanol–water partition coefficient (Wildman–Crippen LogP) is 3.66. The van der Waals surface area contributed by atoms with Gasteiger partial charge in [-0.1, -0.05) is 48.5 Å². The first-order chi connectivity index (χ1) is 15.1. The second-order valence-electron chi connectivity index (χ2n) is 7.76. The van der Waals surface area contributed by atoms with Crippen molar-refractivity contribution in [1.29, 1.82) is 0 Å². The topological polar surface area (TPSA) is 71.4 Å². The van der Waals surface area contributed by atoms with Crippen LogP contribution in [0.3, 0.4) is 0 Å². The molecule has 0 amide bonds. The van der Waals surface area contributed by atoms with Crippen molar-refractivity contribution >= 4 is 40.6 Å². The first-order valence-corrected chi connectivity index (χ1v) is 12.0. The molecule has 33 heavy (non-hydrogen) atoms. The minimum absolute atomic E-state index is 0.